The minimum atomic E-state index is -4.77. The number of nitrogens with zero attached hydrogens (tertiary/aromatic N) is 2. The largest absolute Gasteiger partial charge is 0.416 e. The summed E-state index contributed by atoms with van der Waals surface area (Å²) in [6.07, 6.45) is -4.69. The van der Waals surface area contributed by atoms with Crippen molar-refractivity contribution < 1.29 is 31.2 Å². The number of rotatable bonds is 12. The van der Waals surface area contributed by atoms with Crippen LogP contribution in [0, 0.1) is 6.92 Å². The molecule has 4 aromatic rings. The highest BCUT2D eigenvalue weighted by Crippen LogP contribution is 2.33. The predicted octanol–water partition coefficient (Wildman–Crippen LogP) is 7.03. The fourth-order valence-electron chi connectivity index (χ4n) is 4.97. The molecule has 1 atom stereocenters. The van der Waals surface area contributed by atoms with Crippen LogP contribution in [-0.2, 0) is 38.8 Å². The second-order valence-electron chi connectivity index (χ2n) is 11.4. The molecule has 1 N–H and O–H groups in total. The Morgan fingerprint density at radius 1 is 0.851 bits per heavy atom. The van der Waals surface area contributed by atoms with Gasteiger partial charge in [-0.05, 0) is 74.4 Å². The zero-order valence-corrected chi connectivity index (χ0v) is 27.6. The molecule has 0 saturated heterocycles. The summed E-state index contributed by atoms with van der Waals surface area (Å²) < 4.78 is 70.1. The molecule has 248 valence electrons. The first kappa shape index (κ1) is 35.5. The molecule has 0 bridgehead atoms. The summed E-state index contributed by atoms with van der Waals surface area (Å²) in [6.45, 7) is 4.27. The lowest BCUT2D eigenvalue weighted by Crippen LogP contribution is -2.54. The Balaban J connectivity index is 1.85. The SMILES string of the molecule is Cc1ccc(S(=O)(=O)N(CC(=O)N(Cc2cccc(Cl)c2)[C@@H](Cc2ccccc2)C(=O)NC(C)C)c2cccc(C(F)(F)F)c2)cc1. The van der Waals surface area contributed by atoms with E-state index >= 15 is 0 Å². The van der Waals surface area contributed by atoms with Crippen molar-refractivity contribution in [2.75, 3.05) is 10.8 Å². The quantitative estimate of drug-likeness (QED) is 0.174. The fraction of sp³-hybridized carbons (Fsp3) is 0.257. The highest BCUT2D eigenvalue weighted by molar-refractivity contribution is 7.92. The lowest BCUT2D eigenvalue weighted by molar-refractivity contribution is -0.140. The van der Waals surface area contributed by atoms with E-state index in [0.717, 1.165) is 23.3 Å². The molecule has 0 unspecified atom stereocenters. The van der Waals surface area contributed by atoms with Gasteiger partial charge in [-0.2, -0.15) is 13.2 Å². The molecular formula is C35H35ClF3N3O4S. The van der Waals surface area contributed by atoms with Crippen molar-refractivity contribution in [1.29, 1.82) is 0 Å². The maximum atomic E-state index is 14.4. The van der Waals surface area contributed by atoms with Crippen LogP contribution in [0.3, 0.4) is 0 Å². The molecule has 0 aromatic heterocycles. The smallest absolute Gasteiger partial charge is 0.352 e. The van der Waals surface area contributed by atoms with Crippen molar-refractivity contribution in [3.8, 4) is 0 Å². The van der Waals surface area contributed by atoms with Crippen molar-refractivity contribution in [1.82, 2.24) is 10.2 Å². The lowest BCUT2D eigenvalue weighted by Gasteiger charge is -2.34. The molecule has 12 heteroatoms. The number of sulfonamides is 1. The molecule has 4 aromatic carbocycles. The van der Waals surface area contributed by atoms with Crippen molar-refractivity contribution >= 4 is 39.1 Å². The maximum absolute atomic E-state index is 14.4. The third-order valence-corrected chi connectivity index (χ3v) is 9.32. The number of hydrogen-bond acceptors (Lipinski definition) is 4. The van der Waals surface area contributed by atoms with Gasteiger partial charge in [-0.1, -0.05) is 77.8 Å². The maximum Gasteiger partial charge on any atom is 0.416 e. The van der Waals surface area contributed by atoms with E-state index in [9.17, 15) is 31.2 Å². The van der Waals surface area contributed by atoms with E-state index in [-0.39, 0.29) is 29.6 Å². The van der Waals surface area contributed by atoms with Gasteiger partial charge in [0, 0.05) is 24.0 Å². The van der Waals surface area contributed by atoms with E-state index < -0.39 is 46.2 Å². The highest BCUT2D eigenvalue weighted by Gasteiger charge is 2.36. The van der Waals surface area contributed by atoms with Gasteiger partial charge < -0.3 is 10.2 Å². The van der Waals surface area contributed by atoms with Crippen LogP contribution in [0.25, 0.3) is 0 Å². The van der Waals surface area contributed by atoms with E-state index in [1.165, 1.54) is 23.1 Å². The normalized spacial score (nSPS) is 12.4. The molecule has 0 fully saturated rings. The number of carbonyl (C=O) groups excluding carboxylic acids is 2. The Morgan fingerprint density at radius 3 is 2.11 bits per heavy atom. The van der Waals surface area contributed by atoms with Gasteiger partial charge in [-0.15, -0.1) is 0 Å². The van der Waals surface area contributed by atoms with Crippen molar-refractivity contribution in [2.24, 2.45) is 0 Å². The summed E-state index contributed by atoms with van der Waals surface area (Å²) in [5.41, 5.74) is 0.622. The molecule has 0 heterocycles. The number of halogens is 4. The molecular weight excluding hydrogens is 651 g/mol. The zero-order chi connectivity index (χ0) is 34.4. The van der Waals surface area contributed by atoms with Gasteiger partial charge in [0.15, 0.2) is 0 Å². The number of hydrogen-bond donors (Lipinski definition) is 1. The first-order valence-corrected chi connectivity index (χ1v) is 16.6. The van der Waals surface area contributed by atoms with Gasteiger partial charge in [-0.3, -0.25) is 13.9 Å². The van der Waals surface area contributed by atoms with Crippen LogP contribution in [0.4, 0.5) is 18.9 Å². The van der Waals surface area contributed by atoms with Crippen molar-refractivity contribution in [3.63, 3.8) is 0 Å². The molecule has 0 aliphatic carbocycles. The number of aryl methyl sites for hydroxylation is 1. The lowest BCUT2D eigenvalue weighted by atomic mass is 10.0. The van der Waals surface area contributed by atoms with E-state index in [1.807, 2.05) is 6.07 Å². The molecule has 7 nitrogen and oxygen atoms in total. The van der Waals surface area contributed by atoms with E-state index in [0.29, 0.717) is 21.0 Å². The molecule has 47 heavy (non-hydrogen) atoms. The standard InChI is InChI=1S/C35H35ClF3N3O4S/c1-24(2)40-34(44)32(20-26-9-5-4-6-10-26)41(22-27-11-7-13-29(36)19-27)33(43)23-42(30-14-8-12-28(21-30)35(37,38)39)47(45,46)31-17-15-25(3)16-18-31/h4-19,21,24,32H,20,22-23H2,1-3H3,(H,40,44)/t32-/m0/s1. The van der Waals surface area contributed by atoms with Crippen LogP contribution in [0.5, 0.6) is 0 Å². The van der Waals surface area contributed by atoms with E-state index in [1.54, 1.807) is 81.4 Å². The first-order valence-electron chi connectivity index (χ1n) is 14.8. The van der Waals surface area contributed by atoms with Crippen LogP contribution < -0.4 is 9.62 Å². The summed E-state index contributed by atoms with van der Waals surface area (Å²) in [7, 11) is -4.57. The average molecular weight is 686 g/mol. The first-order chi connectivity index (χ1) is 22.1. The third-order valence-electron chi connectivity index (χ3n) is 7.29. The van der Waals surface area contributed by atoms with Gasteiger partial charge >= 0.3 is 6.18 Å². The van der Waals surface area contributed by atoms with Crippen molar-refractivity contribution in [2.45, 2.75) is 56.9 Å². The van der Waals surface area contributed by atoms with Crippen LogP contribution in [0.1, 0.15) is 36.1 Å². The van der Waals surface area contributed by atoms with E-state index in [4.69, 9.17) is 11.6 Å². The van der Waals surface area contributed by atoms with Gasteiger partial charge in [0.05, 0.1) is 16.1 Å². The summed E-state index contributed by atoms with van der Waals surface area (Å²) in [5.74, 6) is -1.29. The Morgan fingerprint density at radius 2 is 1.49 bits per heavy atom. The van der Waals surface area contributed by atoms with Crippen LogP contribution in [0.15, 0.2) is 108 Å². The Labute approximate surface area is 278 Å². The Kier molecular flexibility index (Phi) is 11.4. The molecule has 2 amide bonds. The van der Waals surface area contributed by atoms with Gasteiger partial charge in [-0.25, -0.2) is 8.42 Å². The predicted molar refractivity (Wildman–Crippen MR) is 176 cm³/mol. The molecule has 0 spiro atoms. The summed E-state index contributed by atoms with van der Waals surface area (Å²) >= 11 is 6.24. The molecule has 0 saturated carbocycles. The number of anilines is 1. The monoisotopic (exact) mass is 685 g/mol. The number of amides is 2. The molecule has 4 rings (SSSR count). The van der Waals surface area contributed by atoms with Crippen LogP contribution in [0.2, 0.25) is 5.02 Å². The Hall–Kier alpha value is -4.35. The average Bonchev–Trinajstić information content (AvgIpc) is 3.01. The number of nitrogens with one attached hydrogen (secondary N) is 1. The number of benzene rings is 4. The minimum Gasteiger partial charge on any atom is -0.352 e. The summed E-state index contributed by atoms with van der Waals surface area (Å²) in [5, 5.41) is 3.23. The van der Waals surface area contributed by atoms with Gasteiger partial charge in [0.1, 0.15) is 12.6 Å². The Bertz CT molecular complexity index is 1800. The van der Waals surface area contributed by atoms with Crippen LogP contribution in [-0.4, -0.2) is 43.8 Å². The molecule has 0 radical (unpaired) electrons. The highest BCUT2D eigenvalue weighted by atomic mass is 35.5. The van der Waals surface area contributed by atoms with Crippen LogP contribution >= 0.6 is 11.6 Å². The molecule has 0 aliphatic heterocycles. The summed E-state index contributed by atoms with van der Waals surface area (Å²) in [6, 6.07) is 23.8. The third kappa shape index (κ3) is 9.36. The fourth-order valence-corrected chi connectivity index (χ4v) is 6.59. The summed E-state index contributed by atoms with van der Waals surface area (Å²) in [4.78, 5) is 29.2. The van der Waals surface area contributed by atoms with E-state index in [2.05, 4.69) is 5.32 Å². The number of carbonyl (C=O) groups is 2. The van der Waals surface area contributed by atoms with Crippen molar-refractivity contribution in [3.05, 3.63) is 130 Å². The molecule has 0 aliphatic rings. The second-order valence-corrected chi connectivity index (χ2v) is 13.7. The topological polar surface area (TPSA) is 86.8 Å². The second kappa shape index (κ2) is 15.0. The van der Waals surface area contributed by atoms with Gasteiger partial charge in [0.2, 0.25) is 11.8 Å². The minimum absolute atomic E-state index is 0.0833. The zero-order valence-electron chi connectivity index (χ0n) is 26.0. The number of alkyl halides is 3. The van der Waals surface area contributed by atoms with Gasteiger partial charge in [0.25, 0.3) is 10.0 Å².